The van der Waals surface area contributed by atoms with E-state index in [1.165, 1.54) is 5.69 Å². The molecule has 25 heavy (non-hydrogen) atoms. The number of aromatic nitrogens is 1. The van der Waals surface area contributed by atoms with Gasteiger partial charge in [-0.25, -0.2) is 4.98 Å². The van der Waals surface area contributed by atoms with Crippen molar-refractivity contribution in [3.63, 3.8) is 0 Å². The number of anilines is 1. The molecule has 0 saturated carbocycles. The van der Waals surface area contributed by atoms with E-state index in [9.17, 15) is 4.79 Å². The van der Waals surface area contributed by atoms with Crippen LogP contribution in [0.2, 0.25) is 0 Å². The van der Waals surface area contributed by atoms with Gasteiger partial charge >= 0.3 is 0 Å². The van der Waals surface area contributed by atoms with Crippen LogP contribution in [0.4, 0.5) is 5.69 Å². The number of hydrogen-bond donors (Lipinski definition) is 0. The predicted molar refractivity (Wildman–Crippen MR) is 108 cm³/mol. The lowest BCUT2D eigenvalue weighted by Crippen LogP contribution is -2.21. The second-order valence-electron chi connectivity index (χ2n) is 5.86. The molecule has 0 N–H and O–H groups in total. The van der Waals surface area contributed by atoms with Gasteiger partial charge in [-0.1, -0.05) is 24.3 Å². The molecular weight excluding hydrogens is 328 g/mol. The molecule has 0 unspecified atom stereocenters. The van der Waals surface area contributed by atoms with Gasteiger partial charge in [0.1, 0.15) is 5.01 Å². The highest BCUT2D eigenvalue weighted by atomic mass is 32.1. The zero-order chi connectivity index (χ0) is 17.8. The lowest BCUT2D eigenvalue weighted by atomic mass is 10.1. The molecule has 0 aliphatic rings. The topological polar surface area (TPSA) is 33.2 Å². The Morgan fingerprint density at radius 1 is 1.08 bits per heavy atom. The van der Waals surface area contributed by atoms with Crippen molar-refractivity contribution < 1.29 is 4.79 Å². The van der Waals surface area contributed by atoms with E-state index < -0.39 is 0 Å². The first-order valence-corrected chi connectivity index (χ1v) is 9.37. The smallest absolute Gasteiger partial charge is 0.162 e. The van der Waals surface area contributed by atoms with Crippen molar-refractivity contribution in [1.82, 2.24) is 4.98 Å². The molecule has 0 radical (unpaired) electrons. The van der Waals surface area contributed by atoms with Crippen LogP contribution in [0.1, 0.15) is 31.3 Å². The Bertz CT molecular complexity index is 872. The summed E-state index contributed by atoms with van der Waals surface area (Å²) in [7, 11) is 0. The standard InChI is InChI=1S/C21H22N2OS/c1-4-23(5-2)17-12-10-16(11-13-17)14-18(15(3)24)21-22-19-8-6-7-9-20(19)25-21/h6-14H,4-5H2,1-3H3. The Morgan fingerprint density at radius 2 is 1.76 bits per heavy atom. The van der Waals surface area contributed by atoms with Crippen LogP contribution in [-0.4, -0.2) is 23.9 Å². The number of rotatable bonds is 6. The predicted octanol–water partition coefficient (Wildman–Crippen LogP) is 5.27. The van der Waals surface area contributed by atoms with Gasteiger partial charge in [0.05, 0.1) is 15.8 Å². The Kier molecular flexibility index (Phi) is 5.29. The third-order valence-corrected chi connectivity index (χ3v) is 5.31. The number of allylic oxidation sites excluding steroid dienone is 1. The van der Waals surface area contributed by atoms with Crippen molar-refractivity contribution in [2.24, 2.45) is 0 Å². The number of carbonyl (C=O) groups excluding carboxylic acids is 1. The molecule has 128 valence electrons. The summed E-state index contributed by atoms with van der Waals surface area (Å²) in [6.07, 6.45) is 1.94. The van der Waals surface area contributed by atoms with Gasteiger partial charge in [0.2, 0.25) is 0 Å². The molecule has 0 amide bonds. The monoisotopic (exact) mass is 350 g/mol. The molecule has 0 fully saturated rings. The van der Waals surface area contributed by atoms with Crippen molar-refractivity contribution in [2.75, 3.05) is 18.0 Å². The average molecular weight is 350 g/mol. The molecule has 0 aliphatic heterocycles. The molecule has 0 spiro atoms. The van der Waals surface area contributed by atoms with Crippen LogP contribution in [0, 0.1) is 0 Å². The number of benzene rings is 2. The van der Waals surface area contributed by atoms with E-state index in [2.05, 4.69) is 48.0 Å². The fourth-order valence-electron chi connectivity index (χ4n) is 2.84. The Hall–Kier alpha value is -2.46. The first-order chi connectivity index (χ1) is 12.1. The van der Waals surface area contributed by atoms with Gasteiger partial charge in [0, 0.05) is 18.8 Å². The lowest BCUT2D eigenvalue weighted by Gasteiger charge is -2.20. The van der Waals surface area contributed by atoms with Crippen molar-refractivity contribution in [3.8, 4) is 0 Å². The minimum absolute atomic E-state index is 0.0341. The minimum Gasteiger partial charge on any atom is -0.372 e. The highest BCUT2D eigenvalue weighted by molar-refractivity contribution is 7.19. The van der Waals surface area contributed by atoms with Crippen molar-refractivity contribution in [1.29, 1.82) is 0 Å². The number of para-hydroxylation sites is 1. The highest BCUT2D eigenvalue weighted by Crippen LogP contribution is 2.29. The third-order valence-electron chi connectivity index (χ3n) is 4.24. The molecule has 0 saturated heterocycles. The molecular formula is C21H22N2OS. The van der Waals surface area contributed by atoms with Crippen molar-refractivity contribution >= 4 is 44.7 Å². The van der Waals surface area contributed by atoms with Gasteiger partial charge in [0.25, 0.3) is 0 Å². The summed E-state index contributed by atoms with van der Waals surface area (Å²) in [5.74, 6) is 0.0341. The first-order valence-electron chi connectivity index (χ1n) is 8.56. The normalized spacial score (nSPS) is 11.7. The number of thiazole rings is 1. The van der Waals surface area contributed by atoms with Crippen LogP contribution in [0.15, 0.2) is 48.5 Å². The van der Waals surface area contributed by atoms with E-state index >= 15 is 0 Å². The van der Waals surface area contributed by atoms with Crippen LogP contribution in [0.25, 0.3) is 21.9 Å². The second-order valence-corrected chi connectivity index (χ2v) is 6.90. The molecule has 3 rings (SSSR count). The molecule has 4 heteroatoms. The summed E-state index contributed by atoms with van der Waals surface area (Å²) in [5, 5.41) is 0.779. The van der Waals surface area contributed by atoms with E-state index in [1.807, 2.05) is 30.3 Å². The quantitative estimate of drug-likeness (QED) is 0.568. The number of Topliss-reactive ketones (excluding diaryl/α,β-unsaturated/α-hetero) is 1. The summed E-state index contributed by atoms with van der Waals surface area (Å²) in [6.45, 7) is 7.87. The van der Waals surface area contributed by atoms with Crippen molar-refractivity contribution in [3.05, 3.63) is 59.1 Å². The molecule has 0 aliphatic carbocycles. The maximum atomic E-state index is 12.2. The van der Waals surface area contributed by atoms with Gasteiger partial charge < -0.3 is 4.90 Å². The molecule has 2 aromatic carbocycles. The fourth-order valence-corrected chi connectivity index (χ4v) is 3.87. The van der Waals surface area contributed by atoms with Crippen LogP contribution in [0.3, 0.4) is 0 Å². The van der Waals surface area contributed by atoms with Crippen LogP contribution >= 0.6 is 11.3 Å². The molecule has 0 bridgehead atoms. The molecule has 1 heterocycles. The molecule has 1 aromatic heterocycles. The number of ketones is 1. The van der Waals surface area contributed by atoms with Crippen LogP contribution < -0.4 is 4.90 Å². The fraction of sp³-hybridized carbons (Fsp3) is 0.238. The lowest BCUT2D eigenvalue weighted by molar-refractivity contribution is -0.111. The maximum absolute atomic E-state index is 12.2. The number of fused-ring (bicyclic) bond motifs is 1. The average Bonchev–Trinajstić information content (AvgIpc) is 3.05. The Balaban J connectivity index is 1.96. The summed E-state index contributed by atoms with van der Waals surface area (Å²) >= 11 is 1.56. The van der Waals surface area contributed by atoms with Crippen LogP contribution in [-0.2, 0) is 4.79 Å². The Morgan fingerprint density at radius 3 is 2.36 bits per heavy atom. The molecule has 3 nitrogen and oxygen atoms in total. The van der Waals surface area contributed by atoms with E-state index in [-0.39, 0.29) is 5.78 Å². The summed E-state index contributed by atoms with van der Waals surface area (Å²) < 4.78 is 1.10. The third kappa shape index (κ3) is 3.80. The SMILES string of the molecule is CCN(CC)c1ccc(C=C(C(C)=O)c2nc3ccccc3s2)cc1. The van der Waals surface area contributed by atoms with Crippen molar-refractivity contribution in [2.45, 2.75) is 20.8 Å². The largest absolute Gasteiger partial charge is 0.372 e. The first kappa shape index (κ1) is 17.4. The van der Waals surface area contributed by atoms with E-state index in [1.54, 1.807) is 18.3 Å². The maximum Gasteiger partial charge on any atom is 0.162 e. The van der Waals surface area contributed by atoms with Gasteiger partial charge in [0.15, 0.2) is 5.78 Å². The van der Waals surface area contributed by atoms with Gasteiger partial charge in [-0.3, -0.25) is 4.79 Å². The van der Waals surface area contributed by atoms with E-state index in [0.717, 1.165) is 33.9 Å². The summed E-state index contributed by atoms with van der Waals surface area (Å²) in [5.41, 5.74) is 3.81. The zero-order valence-electron chi connectivity index (χ0n) is 14.8. The number of nitrogens with zero attached hydrogens (tertiary/aromatic N) is 2. The Labute approximate surface area is 152 Å². The van der Waals surface area contributed by atoms with Gasteiger partial charge in [-0.2, -0.15) is 0 Å². The summed E-state index contributed by atoms with van der Waals surface area (Å²) in [4.78, 5) is 19.1. The zero-order valence-corrected chi connectivity index (χ0v) is 15.6. The van der Waals surface area contributed by atoms with Gasteiger partial charge in [-0.05, 0) is 56.7 Å². The molecule has 3 aromatic rings. The number of carbonyl (C=O) groups is 1. The summed E-state index contributed by atoms with van der Waals surface area (Å²) in [6, 6.07) is 16.3. The second kappa shape index (κ2) is 7.62. The van der Waals surface area contributed by atoms with E-state index in [0.29, 0.717) is 5.57 Å². The van der Waals surface area contributed by atoms with Gasteiger partial charge in [-0.15, -0.1) is 11.3 Å². The number of hydrogen-bond acceptors (Lipinski definition) is 4. The highest BCUT2D eigenvalue weighted by Gasteiger charge is 2.13. The van der Waals surface area contributed by atoms with E-state index in [4.69, 9.17) is 0 Å². The van der Waals surface area contributed by atoms with Crippen LogP contribution in [0.5, 0.6) is 0 Å². The molecule has 0 atom stereocenters. The minimum atomic E-state index is 0.0341.